The molecular weight excluding hydrogens is 238 g/mol. The van der Waals surface area contributed by atoms with E-state index in [4.69, 9.17) is 0 Å². The summed E-state index contributed by atoms with van der Waals surface area (Å²) in [7, 11) is 0. The predicted octanol–water partition coefficient (Wildman–Crippen LogP) is 2.82. The van der Waals surface area contributed by atoms with Crippen molar-refractivity contribution in [2.75, 3.05) is 18.4 Å². The van der Waals surface area contributed by atoms with Gasteiger partial charge in [-0.1, -0.05) is 20.3 Å². The SMILES string of the molecule is CCCNc1cnccc1C(=O)NCC1(C)CCC1. The Hall–Kier alpha value is -1.58. The number of aromatic nitrogens is 1. The molecule has 2 N–H and O–H groups in total. The lowest BCUT2D eigenvalue weighted by Crippen LogP contribution is -2.40. The van der Waals surface area contributed by atoms with Gasteiger partial charge in [0.25, 0.3) is 5.91 Å². The van der Waals surface area contributed by atoms with E-state index in [0.29, 0.717) is 11.0 Å². The number of carbonyl (C=O) groups excluding carboxylic acids is 1. The minimum absolute atomic E-state index is 0.00544. The van der Waals surface area contributed by atoms with Crippen LogP contribution in [0.4, 0.5) is 5.69 Å². The van der Waals surface area contributed by atoms with E-state index in [1.807, 2.05) is 0 Å². The van der Waals surface area contributed by atoms with Gasteiger partial charge in [-0.15, -0.1) is 0 Å². The Morgan fingerprint density at radius 2 is 2.26 bits per heavy atom. The summed E-state index contributed by atoms with van der Waals surface area (Å²) in [4.78, 5) is 16.3. The molecule has 1 amide bonds. The van der Waals surface area contributed by atoms with Gasteiger partial charge in [0.1, 0.15) is 0 Å². The highest BCUT2D eigenvalue weighted by atomic mass is 16.1. The molecular formula is C15H23N3O. The van der Waals surface area contributed by atoms with E-state index < -0.39 is 0 Å². The minimum atomic E-state index is -0.00544. The van der Waals surface area contributed by atoms with Crippen LogP contribution in [0.25, 0.3) is 0 Å². The van der Waals surface area contributed by atoms with Gasteiger partial charge in [-0.25, -0.2) is 0 Å². The molecule has 4 nitrogen and oxygen atoms in total. The van der Waals surface area contributed by atoms with Crippen LogP contribution in [0.2, 0.25) is 0 Å². The highest BCUT2D eigenvalue weighted by Gasteiger charge is 2.32. The van der Waals surface area contributed by atoms with E-state index in [1.165, 1.54) is 19.3 Å². The van der Waals surface area contributed by atoms with Crippen LogP contribution in [0.5, 0.6) is 0 Å². The molecule has 0 spiro atoms. The quantitative estimate of drug-likeness (QED) is 0.828. The molecule has 1 saturated carbocycles. The average molecular weight is 261 g/mol. The Morgan fingerprint density at radius 3 is 2.89 bits per heavy atom. The van der Waals surface area contributed by atoms with Crippen molar-refractivity contribution in [1.82, 2.24) is 10.3 Å². The van der Waals surface area contributed by atoms with Crippen molar-refractivity contribution in [1.29, 1.82) is 0 Å². The number of anilines is 1. The maximum atomic E-state index is 12.2. The molecule has 0 bridgehead atoms. The van der Waals surface area contributed by atoms with Crippen LogP contribution in [0.3, 0.4) is 0 Å². The Morgan fingerprint density at radius 1 is 1.47 bits per heavy atom. The number of hydrogen-bond donors (Lipinski definition) is 2. The summed E-state index contributed by atoms with van der Waals surface area (Å²) in [6, 6.07) is 1.77. The fraction of sp³-hybridized carbons (Fsp3) is 0.600. The van der Waals surface area contributed by atoms with Crippen molar-refractivity contribution in [2.24, 2.45) is 5.41 Å². The Balaban J connectivity index is 1.97. The summed E-state index contributed by atoms with van der Waals surface area (Å²) < 4.78 is 0. The zero-order valence-electron chi connectivity index (χ0n) is 11.8. The number of carbonyl (C=O) groups is 1. The van der Waals surface area contributed by atoms with E-state index in [2.05, 4.69) is 29.5 Å². The minimum Gasteiger partial charge on any atom is -0.383 e. The third-order valence-electron chi connectivity index (χ3n) is 3.87. The number of amides is 1. The van der Waals surface area contributed by atoms with Crippen LogP contribution in [0.15, 0.2) is 18.5 Å². The third-order valence-corrected chi connectivity index (χ3v) is 3.87. The van der Waals surface area contributed by atoms with Gasteiger partial charge in [0.15, 0.2) is 0 Å². The van der Waals surface area contributed by atoms with Crippen LogP contribution in [-0.2, 0) is 0 Å². The second kappa shape index (κ2) is 6.04. The summed E-state index contributed by atoms with van der Waals surface area (Å²) in [5, 5.41) is 6.30. The predicted molar refractivity (Wildman–Crippen MR) is 77.3 cm³/mol. The lowest BCUT2D eigenvalue weighted by atomic mass is 9.70. The van der Waals surface area contributed by atoms with Crippen molar-refractivity contribution in [3.05, 3.63) is 24.0 Å². The maximum absolute atomic E-state index is 12.2. The number of hydrogen-bond acceptors (Lipinski definition) is 3. The fourth-order valence-corrected chi connectivity index (χ4v) is 2.34. The molecule has 0 saturated heterocycles. The normalized spacial score (nSPS) is 16.5. The largest absolute Gasteiger partial charge is 0.383 e. The molecule has 0 radical (unpaired) electrons. The van der Waals surface area contributed by atoms with Crippen LogP contribution in [0, 0.1) is 5.41 Å². The molecule has 1 aliphatic rings. The van der Waals surface area contributed by atoms with Gasteiger partial charge >= 0.3 is 0 Å². The molecule has 1 aliphatic carbocycles. The molecule has 1 heterocycles. The first kappa shape index (κ1) is 13.8. The highest BCUT2D eigenvalue weighted by Crippen LogP contribution is 2.39. The monoisotopic (exact) mass is 261 g/mol. The van der Waals surface area contributed by atoms with Crippen molar-refractivity contribution in [2.45, 2.75) is 39.5 Å². The third kappa shape index (κ3) is 3.46. The summed E-state index contributed by atoms with van der Waals surface area (Å²) in [5.74, 6) is -0.00544. The molecule has 1 aromatic rings. The van der Waals surface area contributed by atoms with E-state index in [0.717, 1.165) is 25.2 Å². The van der Waals surface area contributed by atoms with Crippen LogP contribution in [-0.4, -0.2) is 24.0 Å². The molecule has 0 unspecified atom stereocenters. The zero-order valence-corrected chi connectivity index (χ0v) is 11.8. The summed E-state index contributed by atoms with van der Waals surface area (Å²) in [6.45, 7) is 5.95. The maximum Gasteiger partial charge on any atom is 0.253 e. The fourth-order valence-electron chi connectivity index (χ4n) is 2.34. The number of rotatable bonds is 6. The second-order valence-corrected chi connectivity index (χ2v) is 5.69. The molecule has 0 aliphatic heterocycles. The van der Waals surface area contributed by atoms with Gasteiger partial charge in [-0.2, -0.15) is 0 Å². The van der Waals surface area contributed by atoms with Crippen molar-refractivity contribution in [3.8, 4) is 0 Å². The first-order chi connectivity index (χ1) is 9.14. The van der Waals surface area contributed by atoms with E-state index >= 15 is 0 Å². The van der Waals surface area contributed by atoms with Gasteiger partial charge in [0.2, 0.25) is 0 Å². The van der Waals surface area contributed by atoms with E-state index in [-0.39, 0.29) is 5.91 Å². The summed E-state index contributed by atoms with van der Waals surface area (Å²) in [5.41, 5.74) is 1.81. The van der Waals surface area contributed by atoms with Gasteiger partial charge in [-0.3, -0.25) is 9.78 Å². The number of pyridine rings is 1. The number of nitrogens with one attached hydrogen (secondary N) is 2. The molecule has 4 heteroatoms. The van der Waals surface area contributed by atoms with Crippen molar-refractivity contribution in [3.63, 3.8) is 0 Å². The summed E-state index contributed by atoms with van der Waals surface area (Å²) >= 11 is 0. The number of nitrogens with zero attached hydrogens (tertiary/aromatic N) is 1. The molecule has 0 aromatic carbocycles. The lowest BCUT2D eigenvalue weighted by molar-refractivity contribution is 0.0891. The van der Waals surface area contributed by atoms with Crippen molar-refractivity contribution < 1.29 is 4.79 Å². The van der Waals surface area contributed by atoms with E-state index in [1.54, 1.807) is 18.5 Å². The van der Waals surface area contributed by atoms with Gasteiger partial charge in [0, 0.05) is 19.3 Å². The van der Waals surface area contributed by atoms with Gasteiger partial charge < -0.3 is 10.6 Å². The lowest BCUT2D eigenvalue weighted by Gasteiger charge is -2.38. The second-order valence-electron chi connectivity index (χ2n) is 5.69. The van der Waals surface area contributed by atoms with Gasteiger partial charge in [-0.05, 0) is 30.7 Å². The molecule has 0 atom stereocenters. The molecule has 104 valence electrons. The smallest absolute Gasteiger partial charge is 0.253 e. The molecule has 1 aromatic heterocycles. The molecule has 19 heavy (non-hydrogen) atoms. The van der Waals surface area contributed by atoms with Crippen LogP contribution in [0.1, 0.15) is 49.9 Å². The zero-order chi connectivity index (χ0) is 13.7. The highest BCUT2D eigenvalue weighted by molar-refractivity contribution is 5.99. The standard InChI is InChI=1S/C15H23N3O/c1-3-8-17-13-10-16-9-5-12(13)14(19)18-11-15(2)6-4-7-15/h5,9-10,17H,3-4,6-8,11H2,1-2H3,(H,18,19). The van der Waals surface area contributed by atoms with Gasteiger partial charge in [0.05, 0.1) is 17.4 Å². The molecule has 1 fully saturated rings. The van der Waals surface area contributed by atoms with Crippen LogP contribution < -0.4 is 10.6 Å². The topological polar surface area (TPSA) is 54.0 Å². The Kier molecular flexibility index (Phi) is 4.40. The first-order valence-electron chi connectivity index (χ1n) is 7.11. The Labute approximate surface area is 115 Å². The molecule has 2 rings (SSSR count). The van der Waals surface area contributed by atoms with Crippen LogP contribution >= 0.6 is 0 Å². The first-order valence-corrected chi connectivity index (χ1v) is 7.11. The average Bonchev–Trinajstić information content (AvgIpc) is 2.40. The summed E-state index contributed by atoms with van der Waals surface area (Å²) in [6.07, 6.45) is 8.11. The Bertz CT molecular complexity index is 441. The van der Waals surface area contributed by atoms with E-state index in [9.17, 15) is 4.79 Å². The van der Waals surface area contributed by atoms with Crippen molar-refractivity contribution >= 4 is 11.6 Å².